The summed E-state index contributed by atoms with van der Waals surface area (Å²) >= 11 is 0. The topological polar surface area (TPSA) is 64.8 Å². The molecular weight excluding hydrogens is 256 g/mol. The molecule has 1 aromatic rings. The molecule has 0 spiro atoms. The third-order valence-corrected chi connectivity index (χ3v) is 3.49. The second-order valence-corrected chi connectivity index (χ2v) is 4.70. The molecule has 1 aliphatic rings. The van der Waals surface area contributed by atoms with Crippen LogP contribution < -0.4 is 20.1 Å². The molecule has 2 N–H and O–H groups in total. The average Bonchev–Trinajstić information content (AvgIpc) is 2.47. The van der Waals surface area contributed by atoms with E-state index in [0.717, 1.165) is 30.3 Å². The van der Waals surface area contributed by atoms with E-state index in [1.54, 1.807) is 13.2 Å². The van der Waals surface area contributed by atoms with Crippen LogP contribution >= 0.6 is 0 Å². The molecule has 0 radical (unpaired) electrons. The second-order valence-electron chi connectivity index (χ2n) is 4.70. The number of hydrogen-bond donors (Lipinski definition) is 1. The van der Waals surface area contributed by atoms with Crippen molar-refractivity contribution in [2.45, 2.75) is 6.42 Å². The first-order valence-electron chi connectivity index (χ1n) is 6.63. The largest absolute Gasteiger partial charge is 0.497 e. The Morgan fingerprint density at radius 3 is 3.10 bits per heavy atom. The van der Waals surface area contributed by atoms with Crippen molar-refractivity contribution >= 4 is 11.6 Å². The van der Waals surface area contributed by atoms with Gasteiger partial charge in [-0.1, -0.05) is 6.08 Å². The fraction of sp³-hybridized carbons (Fsp3) is 0.400. The molecule has 1 aliphatic heterocycles. The van der Waals surface area contributed by atoms with Gasteiger partial charge in [0, 0.05) is 12.6 Å². The van der Waals surface area contributed by atoms with Crippen LogP contribution in [0.1, 0.15) is 6.42 Å². The maximum Gasteiger partial charge on any atom is 0.224 e. The lowest BCUT2D eigenvalue weighted by Crippen LogP contribution is -2.35. The fourth-order valence-corrected chi connectivity index (χ4v) is 2.28. The Morgan fingerprint density at radius 1 is 1.65 bits per heavy atom. The Labute approximate surface area is 119 Å². The number of amides is 1. The number of rotatable bonds is 6. The number of carbonyl (C=O) groups excluding carboxylic acids is 1. The fourth-order valence-electron chi connectivity index (χ4n) is 2.28. The summed E-state index contributed by atoms with van der Waals surface area (Å²) in [6.45, 7) is 5.79. The van der Waals surface area contributed by atoms with Gasteiger partial charge < -0.3 is 20.1 Å². The van der Waals surface area contributed by atoms with E-state index in [9.17, 15) is 4.79 Å². The summed E-state index contributed by atoms with van der Waals surface area (Å²) in [5, 5.41) is 0. The summed E-state index contributed by atoms with van der Waals surface area (Å²) in [6.07, 6.45) is 2.25. The standard InChI is InChI=1S/C15H20N2O3/c1-3-11(15(16)18)6-7-17-8-9-20-14-5-4-12(19-2)10-13(14)17/h3-5,10-11H,1,6-9H2,2H3,(H2,16,18). The van der Waals surface area contributed by atoms with Crippen LogP contribution in [-0.4, -0.2) is 32.7 Å². The van der Waals surface area contributed by atoms with Gasteiger partial charge in [0.1, 0.15) is 18.1 Å². The number of ether oxygens (including phenoxy) is 2. The van der Waals surface area contributed by atoms with Crippen molar-refractivity contribution in [3.8, 4) is 11.5 Å². The zero-order valence-electron chi connectivity index (χ0n) is 11.7. The normalized spacial score (nSPS) is 14.9. The van der Waals surface area contributed by atoms with Crippen molar-refractivity contribution in [1.82, 2.24) is 0 Å². The molecule has 0 bridgehead atoms. The molecule has 5 heteroatoms. The number of nitrogens with two attached hydrogens (primary N) is 1. The Morgan fingerprint density at radius 2 is 2.45 bits per heavy atom. The number of carbonyl (C=O) groups is 1. The number of fused-ring (bicyclic) bond motifs is 1. The van der Waals surface area contributed by atoms with Crippen LogP contribution in [0.2, 0.25) is 0 Å². The van der Waals surface area contributed by atoms with E-state index in [1.807, 2.05) is 18.2 Å². The molecule has 1 aromatic carbocycles. The van der Waals surface area contributed by atoms with E-state index in [2.05, 4.69) is 11.5 Å². The van der Waals surface area contributed by atoms with Gasteiger partial charge in [0.2, 0.25) is 5.91 Å². The number of methoxy groups -OCH3 is 1. The summed E-state index contributed by atoms with van der Waals surface area (Å²) in [5.74, 6) is 0.992. The first kappa shape index (κ1) is 14.2. The highest BCUT2D eigenvalue weighted by molar-refractivity contribution is 5.78. The highest BCUT2D eigenvalue weighted by atomic mass is 16.5. The molecule has 1 unspecified atom stereocenters. The van der Waals surface area contributed by atoms with Crippen LogP contribution in [0.25, 0.3) is 0 Å². The van der Waals surface area contributed by atoms with Crippen molar-refractivity contribution in [3.63, 3.8) is 0 Å². The third kappa shape index (κ3) is 3.04. The first-order valence-corrected chi connectivity index (χ1v) is 6.63. The zero-order valence-corrected chi connectivity index (χ0v) is 11.7. The summed E-state index contributed by atoms with van der Waals surface area (Å²) in [5.41, 5.74) is 6.32. The van der Waals surface area contributed by atoms with Gasteiger partial charge in [-0.2, -0.15) is 0 Å². The minimum atomic E-state index is -0.334. The van der Waals surface area contributed by atoms with Crippen LogP contribution in [0, 0.1) is 5.92 Å². The highest BCUT2D eigenvalue weighted by Gasteiger charge is 2.20. The van der Waals surface area contributed by atoms with E-state index in [4.69, 9.17) is 15.2 Å². The summed E-state index contributed by atoms with van der Waals surface area (Å²) < 4.78 is 10.9. The van der Waals surface area contributed by atoms with Crippen LogP contribution in [0.5, 0.6) is 11.5 Å². The lowest BCUT2D eigenvalue weighted by molar-refractivity contribution is -0.120. The van der Waals surface area contributed by atoms with E-state index < -0.39 is 0 Å². The highest BCUT2D eigenvalue weighted by Crippen LogP contribution is 2.35. The van der Waals surface area contributed by atoms with E-state index in [1.165, 1.54) is 0 Å². The molecule has 0 saturated heterocycles. The van der Waals surface area contributed by atoms with E-state index in [-0.39, 0.29) is 11.8 Å². The summed E-state index contributed by atoms with van der Waals surface area (Å²) in [4.78, 5) is 13.4. The quantitative estimate of drug-likeness (QED) is 0.801. The molecule has 5 nitrogen and oxygen atoms in total. The minimum absolute atomic E-state index is 0.299. The molecule has 108 valence electrons. The molecule has 0 fully saturated rings. The zero-order chi connectivity index (χ0) is 14.5. The first-order chi connectivity index (χ1) is 9.65. The van der Waals surface area contributed by atoms with Gasteiger partial charge in [0.25, 0.3) is 0 Å². The lowest BCUT2D eigenvalue weighted by atomic mass is 10.0. The number of anilines is 1. The molecule has 0 aromatic heterocycles. The Bertz CT molecular complexity index is 502. The van der Waals surface area contributed by atoms with Crippen molar-refractivity contribution in [2.75, 3.05) is 31.7 Å². The predicted molar refractivity (Wildman–Crippen MR) is 78.2 cm³/mol. The van der Waals surface area contributed by atoms with Crippen LogP contribution in [-0.2, 0) is 4.79 Å². The second kappa shape index (κ2) is 6.32. The van der Waals surface area contributed by atoms with Gasteiger partial charge in [-0.25, -0.2) is 0 Å². The van der Waals surface area contributed by atoms with Gasteiger partial charge in [-0.05, 0) is 18.6 Å². The van der Waals surface area contributed by atoms with E-state index >= 15 is 0 Å². The minimum Gasteiger partial charge on any atom is -0.497 e. The number of nitrogens with zero attached hydrogens (tertiary/aromatic N) is 1. The van der Waals surface area contributed by atoms with Crippen LogP contribution in [0.15, 0.2) is 30.9 Å². The Kier molecular flexibility index (Phi) is 4.50. The van der Waals surface area contributed by atoms with Gasteiger partial charge in [0.05, 0.1) is 25.3 Å². The van der Waals surface area contributed by atoms with Crippen molar-refractivity contribution in [2.24, 2.45) is 11.7 Å². The Balaban J connectivity index is 2.11. The van der Waals surface area contributed by atoms with Crippen molar-refractivity contribution in [3.05, 3.63) is 30.9 Å². The number of hydrogen-bond acceptors (Lipinski definition) is 4. The van der Waals surface area contributed by atoms with Crippen LogP contribution in [0.4, 0.5) is 5.69 Å². The van der Waals surface area contributed by atoms with Gasteiger partial charge in [-0.3, -0.25) is 4.79 Å². The van der Waals surface area contributed by atoms with Gasteiger partial charge in [0.15, 0.2) is 0 Å². The van der Waals surface area contributed by atoms with Crippen molar-refractivity contribution < 1.29 is 14.3 Å². The van der Waals surface area contributed by atoms with E-state index in [0.29, 0.717) is 13.0 Å². The smallest absolute Gasteiger partial charge is 0.224 e. The number of primary amides is 1. The lowest BCUT2D eigenvalue weighted by Gasteiger charge is -2.32. The van der Waals surface area contributed by atoms with Gasteiger partial charge >= 0.3 is 0 Å². The maximum absolute atomic E-state index is 11.2. The SMILES string of the molecule is C=CC(CCN1CCOc2ccc(OC)cc21)C(N)=O. The maximum atomic E-state index is 11.2. The monoisotopic (exact) mass is 276 g/mol. The molecule has 1 amide bonds. The third-order valence-electron chi connectivity index (χ3n) is 3.49. The van der Waals surface area contributed by atoms with Crippen molar-refractivity contribution in [1.29, 1.82) is 0 Å². The molecule has 20 heavy (non-hydrogen) atoms. The molecular formula is C15H20N2O3. The van der Waals surface area contributed by atoms with Crippen LogP contribution in [0.3, 0.4) is 0 Å². The van der Waals surface area contributed by atoms with Gasteiger partial charge in [-0.15, -0.1) is 6.58 Å². The summed E-state index contributed by atoms with van der Waals surface area (Å²) in [6, 6.07) is 5.72. The summed E-state index contributed by atoms with van der Waals surface area (Å²) in [7, 11) is 1.64. The predicted octanol–water partition coefficient (Wildman–Crippen LogP) is 1.57. The molecule has 1 atom stereocenters. The molecule has 2 rings (SSSR count). The molecule has 0 saturated carbocycles. The molecule has 0 aliphatic carbocycles. The average molecular weight is 276 g/mol. The number of benzene rings is 1. The Hall–Kier alpha value is -2.17. The molecule has 1 heterocycles.